The van der Waals surface area contributed by atoms with E-state index < -0.39 is 5.97 Å². The summed E-state index contributed by atoms with van der Waals surface area (Å²) in [6.45, 7) is 5.67. The summed E-state index contributed by atoms with van der Waals surface area (Å²) in [5, 5.41) is 8.98. The molecule has 1 aromatic rings. The van der Waals surface area contributed by atoms with Crippen molar-refractivity contribution < 1.29 is 14.6 Å². The average molecular weight is 277 g/mol. The van der Waals surface area contributed by atoms with Gasteiger partial charge in [-0.15, -0.1) is 0 Å². The fourth-order valence-corrected chi connectivity index (χ4v) is 2.67. The molecule has 0 aromatic heterocycles. The molecule has 0 spiro atoms. The monoisotopic (exact) mass is 277 g/mol. The lowest BCUT2D eigenvalue weighted by Gasteiger charge is -2.24. The smallest absolute Gasteiger partial charge is 0.307 e. The van der Waals surface area contributed by atoms with Crippen LogP contribution in [0.1, 0.15) is 30.9 Å². The number of likely N-dealkylation sites (N-methyl/N-ethyl adjacent to an activating group) is 1. The number of ether oxygens (including phenoxy) is 1. The zero-order valence-electron chi connectivity index (χ0n) is 12.0. The van der Waals surface area contributed by atoms with Crippen molar-refractivity contribution in [3.8, 4) is 0 Å². The lowest BCUT2D eigenvalue weighted by Crippen LogP contribution is -2.32. The Balaban J connectivity index is 2.00. The van der Waals surface area contributed by atoms with Crippen LogP contribution >= 0.6 is 0 Å². The number of hydrogen-bond acceptors (Lipinski definition) is 3. The summed E-state index contributed by atoms with van der Waals surface area (Å²) < 4.78 is 5.68. The van der Waals surface area contributed by atoms with E-state index in [0.717, 1.165) is 50.2 Å². The predicted molar refractivity (Wildman–Crippen MR) is 77.7 cm³/mol. The molecule has 1 unspecified atom stereocenters. The highest BCUT2D eigenvalue weighted by molar-refractivity contribution is 5.70. The van der Waals surface area contributed by atoms with Crippen molar-refractivity contribution in [2.75, 3.05) is 19.7 Å². The van der Waals surface area contributed by atoms with Crippen LogP contribution in [0.25, 0.3) is 0 Å². The Kier molecular flexibility index (Phi) is 5.56. The number of carbonyl (C=O) groups is 1. The minimum absolute atomic E-state index is 0.0909. The van der Waals surface area contributed by atoms with E-state index >= 15 is 0 Å². The number of carboxylic acids is 1. The van der Waals surface area contributed by atoms with Gasteiger partial charge in [0.1, 0.15) is 0 Å². The maximum Gasteiger partial charge on any atom is 0.307 e. The molecule has 1 N–H and O–H groups in total. The SMILES string of the molecule is CCN(Cc1ccccc1CC(=O)O)CC1CCCO1. The third kappa shape index (κ3) is 4.32. The second kappa shape index (κ2) is 7.41. The molecule has 0 radical (unpaired) electrons. The molecule has 1 aliphatic heterocycles. The highest BCUT2D eigenvalue weighted by atomic mass is 16.5. The zero-order valence-corrected chi connectivity index (χ0v) is 12.0. The van der Waals surface area contributed by atoms with Crippen LogP contribution in [0.15, 0.2) is 24.3 Å². The average Bonchev–Trinajstić information content (AvgIpc) is 2.92. The number of hydrogen-bond donors (Lipinski definition) is 1. The topological polar surface area (TPSA) is 49.8 Å². The van der Waals surface area contributed by atoms with E-state index in [1.807, 2.05) is 24.3 Å². The minimum Gasteiger partial charge on any atom is -0.481 e. The molecule has 1 saturated heterocycles. The van der Waals surface area contributed by atoms with Gasteiger partial charge in [0, 0.05) is 19.7 Å². The number of nitrogens with zero attached hydrogens (tertiary/aromatic N) is 1. The van der Waals surface area contributed by atoms with Crippen molar-refractivity contribution in [1.29, 1.82) is 0 Å². The van der Waals surface area contributed by atoms with Crippen LogP contribution in [0.3, 0.4) is 0 Å². The summed E-state index contributed by atoms with van der Waals surface area (Å²) in [7, 11) is 0. The van der Waals surface area contributed by atoms with Gasteiger partial charge < -0.3 is 9.84 Å². The van der Waals surface area contributed by atoms with Gasteiger partial charge in [-0.3, -0.25) is 9.69 Å². The molecule has 0 aliphatic carbocycles. The van der Waals surface area contributed by atoms with Crippen LogP contribution in [0.2, 0.25) is 0 Å². The Morgan fingerprint density at radius 1 is 1.40 bits per heavy atom. The summed E-state index contributed by atoms with van der Waals surface area (Å²) in [5.41, 5.74) is 2.01. The molecule has 1 aliphatic rings. The summed E-state index contributed by atoms with van der Waals surface area (Å²) in [6, 6.07) is 7.80. The molecule has 20 heavy (non-hydrogen) atoms. The Labute approximate surface area is 120 Å². The highest BCUT2D eigenvalue weighted by Crippen LogP contribution is 2.17. The van der Waals surface area contributed by atoms with E-state index in [1.54, 1.807) is 0 Å². The first-order valence-corrected chi connectivity index (χ1v) is 7.31. The standard InChI is InChI=1S/C16H23NO3/c1-2-17(12-15-8-5-9-20-15)11-14-7-4-3-6-13(14)10-16(18)19/h3-4,6-7,15H,2,5,8-12H2,1H3,(H,18,19). The Hall–Kier alpha value is -1.39. The molecule has 110 valence electrons. The molecule has 1 heterocycles. The summed E-state index contributed by atoms with van der Waals surface area (Å²) in [4.78, 5) is 13.3. The van der Waals surface area contributed by atoms with Gasteiger partial charge in [0.2, 0.25) is 0 Å². The van der Waals surface area contributed by atoms with Crippen LogP contribution in [-0.4, -0.2) is 41.8 Å². The van der Waals surface area contributed by atoms with E-state index in [-0.39, 0.29) is 6.42 Å². The maximum atomic E-state index is 10.9. The minimum atomic E-state index is -0.778. The first kappa shape index (κ1) is 15.0. The Morgan fingerprint density at radius 2 is 2.15 bits per heavy atom. The number of rotatable bonds is 7. The van der Waals surface area contributed by atoms with E-state index in [1.165, 1.54) is 0 Å². The molecule has 0 saturated carbocycles. The van der Waals surface area contributed by atoms with Crippen LogP contribution in [0.4, 0.5) is 0 Å². The van der Waals surface area contributed by atoms with Crippen LogP contribution < -0.4 is 0 Å². The molecule has 4 heteroatoms. The lowest BCUT2D eigenvalue weighted by molar-refractivity contribution is -0.136. The first-order valence-electron chi connectivity index (χ1n) is 7.31. The zero-order chi connectivity index (χ0) is 14.4. The molecule has 1 aromatic carbocycles. The van der Waals surface area contributed by atoms with Crippen molar-refractivity contribution in [3.05, 3.63) is 35.4 Å². The Bertz CT molecular complexity index is 441. The number of benzene rings is 1. The van der Waals surface area contributed by atoms with E-state index in [2.05, 4.69) is 11.8 Å². The van der Waals surface area contributed by atoms with E-state index in [9.17, 15) is 4.79 Å². The van der Waals surface area contributed by atoms with Gasteiger partial charge in [-0.25, -0.2) is 0 Å². The molecule has 4 nitrogen and oxygen atoms in total. The molecule has 1 atom stereocenters. The molecule has 1 fully saturated rings. The summed E-state index contributed by atoms with van der Waals surface area (Å²) in [6.07, 6.45) is 2.71. The largest absolute Gasteiger partial charge is 0.481 e. The van der Waals surface area contributed by atoms with Crippen molar-refractivity contribution in [1.82, 2.24) is 4.90 Å². The van der Waals surface area contributed by atoms with Gasteiger partial charge in [0.15, 0.2) is 0 Å². The van der Waals surface area contributed by atoms with E-state index in [0.29, 0.717) is 6.10 Å². The lowest BCUT2D eigenvalue weighted by atomic mass is 10.0. The molecular weight excluding hydrogens is 254 g/mol. The van der Waals surface area contributed by atoms with Crippen molar-refractivity contribution in [2.24, 2.45) is 0 Å². The predicted octanol–water partition coefficient (Wildman–Crippen LogP) is 2.31. The van der Waals surface area contributed by atoms with Gasteiger partial charge >= 0.3 is 5.97 Å². The normalized spacial score (nSPS) is 18.6. The van der Waals surface area contributed by atoms with Crippen LogP contribution in [-0.2, 0) is 22.5 Å². The third-order valence-corrected chi connectivity index (χ3v) is 3.79. The summed E-state index contributed by atoms with van der Waals surface area (Å²) in [5.74, 6) is -0.778. The van der Waals surface area contributed by atoms with Gasteiger partial charge in [-0.05, 0) is 30.5 Å². The van der Waals surface area contributed by atoms with Crippen LogP contribution in [0.5, 0.6) is 0 Å². The maximum absolute atomic E-state index is 10.9. The second-order valence-corrected chi connectivity index (χ2v) is 5.30. The Morgan fingerprint density at radius 3 is 2.75 bits per heavy atom. The quantitative estimate of drug-likeness (QED) is 0.831. The van der Waals surface area contributed by atoms with Gasteiger partial charge in [-0.1, -0.05) is 31.2 Å². The summed E-state index contributed by atoms with van der Waals surface area (Å²) >= 11 is 0. The van der Waals surface area contributed by atoms with Gasteiger partial charge in [0.25, 0.3) is 0 Å². The first-order chi connectivity index (χ1) is 9.69. The molecule has 0 amide bonds. The second-order valence-electron chi connectivity index (χ2n) is 5.30. The highest BCUT2D eigenvalue weighted by Gasteiger charge is 2.19. The van der Waals surface area contributed by atoms with Crippen molar-refractivity contribution in [2.45, 2.75) is 38.8 Å². The van der Waals surface area contributed by atoms with Gasteiger partial charge in [0.05, 0.1) is 12.5 Å². The number of carboxylic acid groups (broad SMARTS) is 1. The fraction of sp³-hybridized carbons (Fsp3) is 0.562. The van der Waals surface area contributed by atoms with E-state index in [4.69, 9.17) is 9.84 Å². The van der Waals surface area contributed by atoms with Crippen LogP contribution in [0, 0.1) is 0 Å². The van der Waals surface area contributed by atoms with Crippen molar-refractivity contribution >= 4 is 5.97 Å². The molecular formula is C16H23NO3. The third-order valence-electron chi connectivity index (χ3n) is 3.79. The molecule has 2 rings (SSSR count). The van der Waals surface area contributed by atoms with Gasteiger partial charge in [-0.2, -0.15) is 0 Å². The molecule has 0 bridgehead atoms. The fourth-order valence-electron chi connectivity index (χ4n) is 2.67. The number of aliphatic carboxylic acids is 1. The van der Waals surface area contributed by atoms with Crippen molar-refractivity contribution in [3.63, 3.8) is 0 Å².